The van der Waals surface area contributed by atoms with E-state index in [-0.39, 0.29) is 5.25 Å². The summed E-state index contributed by atoms with van der Waals surface area (Å²) in [6.45, 7) is 3.68. The summed E-state index contributed by atoms with van der Waals surface area (Å²) in [7, 11) is 0. The molecule has 2 rings (SSSR count). The van der Waals surface area contributed by atoms with E-state index in [4.69, 9.17) is 16.0 Å². The highest BCUT2D eigenvalue weighted by molar-refractivity contribution is 7.99. The zero-order chi connectivity index (χ0) is 12.4. The molecule has 0 radical (unpaired) electrons. The summed E-state index contributed by atoms with van der Waals surface area (Å²) in [4.78, 5) is 12.3. The first-order valence-electron chi connectivity index (χ1n) is 4.91. The molecule has 2 heterocycles. The van der Waals surface area contributed by atoms with Crippen molar-refractivity contribution in [1.82, 2.24) is 20.1 Å². The van der Waals surface area contributed by atoms with Crippen LogP contribution in [0, 0.1) is 6.92 Å². The van der Waals surface area contributed by atoms with Gasteiger partial charge in [0.05, 0.1) is 5.25 Å². The number of aromatic nitrogens is 4. The number of rotatable bonds is 3. The van der Waals surface area contributed by atoms with E-state index in [0.717, 1.165) is 0 Å². The molecule has 8 heteroatoms. The molecule has 2 aromatic heterocycles. The van der Waals surface area contributed by atoms with Crippen molar-refractivity contribution in [2.24, 2.45) is 0 Å². The molecule has 17 heavy (non-hydrogen) atoms. The van der Waals surface area contributed by atoms with E-state index in [2.05, 4.69) is 20.1 Å². The Kier molecular flexibility index (Phi) is 3.14. The topological polar surface area (TPSA) is 117 Å². The molecule has 7 nitrogen and oxygen atoms in total. The Balaban J connectivity index is 2.15. The molecular weight excluding hydrogens is 240 g/mol. The van der Waals surface area contributed by atoms with Gasteiger partial charge in [0.25, 0.3) is 0 Å². The van der Waals surface area contributed by atoms with Crippen LogP contribution in [0.5, 0.6) is 0 Å². The van der Waals surface area contributed by atoms with E-state index >= 15 is 0 Å². The first-order valence-corrected chi connectivity index (χ1v) is 5.79. The molecular formula is C9H12N6OS. The van der Waals surface area contributed by atoms with Gasteiger partial charge in [0, 0.05) is 6.07 Å². The van der Waals surface area contributed by atoms with Crippen molar-refractivity contribution < 1.29 is 4.52 Å². The van der Waals surface area contributed by atoms with Crippen LogP contribution in [0.3, 0.4) is 0 Å². The van der Waals surface area contributed by atoms with Gasteiger partial charge in [-0.1, -0.05) is 16.9 Å². The van der Waals surface area contributed by atoms with Crippen molar-refractivity contribution in [2.75, 3.05) is 11.5 Å². The van der Waals surface area contributed by atoms with Gasteiger partial charge in [0.1, 0.15) is 11.6 Å². The van der Waals surface area contributed by atoms with E-state index in [1.165, 1.54) is 17.8 Å². The lowest BCUT2D eigenvalue weighted by Crippen LogP contribution is -2.00. The molecule has 0 saturated carbocycles. The molecule has 0 aliphatic heterocycles. The predicted octanol–water partition coefficient (Wildman–Crippen LogP) is 1.19. The third-order valence-electron chi connectivity index (χ3n) is 1.92. The molecule has 0 aliphatic rings. The summed E-state index contributed by atoms with van der Waals surface area (Å²) in [5.41, 5.74) is 11.2. The smallest absolute Gasteiger partial charge is 0.239 e. The molecule has 0 bridgehead atoms. The van der Waals surface area contributed by atoms with Gasteiger partial charge in [0.2, 0.25) is 5.89 Å². The molecule has 0 fully saturated rings. The second kappa shape index (κ2) is 4.58. The fraction of sp³-hybridized carbons (Fsp3) is 0.333. The van der Waals surface area contributed by atoms with Crippen molar-refractivity contribution in [3.8, 4) is 0 Å². The lowest BCUT2D eigenvalue weighted by molar-refractivity contribution is 0.376. The van der Waals surface area contributed by atoms with Crippen LogP contribution in [0.2, 0.25) is 0 Å². The number of nitrogen functional groups attached to an aromatic ring is 2. The van der Waals surface area contributed by atoms with Crippen LogP contribution < -0.4 is 11.5 Å². The third kappa shape index (κ3) is 2.84. The van der Waals surface area contributed by atoms with Gasteiger partial charge in [0.15, 0.2) is 11.0 Å². The Labute approximate surface area is 102 Å². The zero-order valence-electron chi connectivity index (χ0n) is 9.41. The average molecular weight is 252 g/mol. The predicted molar refractivity (Wildman–Crippen MR) is 64.2 cm³/mol. The number of anilines is 2. The monoisotopic (exact) mass is 252 g/mol. The van der Waals surface area contributed by atoms with Gasteiger partial charge >= 0.3 is 0 Å². The van der Waals surface area contributed by atoms with Gasteiger partial charge in [-0.3, -0.25) is 0 Å². The van der Waals surface area contributed by atoms with Gasteiger partial charge in [-0.2, -0.15) is 4.98 Å². The second-order valence-electron chi connectivity index (χ2n) is 3.44. The maximum Gasteiger partial charge on any atom is 0.239 e. The van der Waals surface area contributed by atoms with E-state index in [0.29, 0.717) is 28.5 Å². The van der Waals surface area contributed by atoms with Crippen LogP contribution in [0.1, 0.15) is 23.9 Å². The summed E-state index contributed by atoms with van der Waals surface area (Å²) in [6, 6.07) is 1.51. The fourth-order valence-corrected chi connectivity index (χ4v) is 2.03. The quantitative estimate of drug-likeness (QED) is 0.617. The van der Waals surface area contributed by atoms with Crippen LogP contribution in [0.25, 0.3) is 0 Å². The average Bonchev–Trinajstić information content (AvgIpc) is 2.63. The van der Waals surface area contributed by atoms with Gasteiger partial charge < -0.3 is 16.0 Å². The molecule has 0 aromatic carbocycles. The molecule has 0 unspecified atom stereocenters. The Hall–Kier alpha value is -1.83. The fourth-order valence-electron chi connectivity index (χ4n) is 1.20. The van der Waals surface area contributed by atoms with Crippen molar-refractivity contribution in [1.29, 1.82) is 0 Å². The molecule has 4 N–H and O–H groups in total. The molecule has 0 spiro atoms. The molecule has 0 saturated heterocycles. The molecule has 90 valence electrons. The summed E-state index contributed by atoms with van der Waals surface area (Å²) in [5, 5.41) is 4.16. The summed E-state index contributed by atoms with van der Waals surface area (Å²) >= 11 is 1.36. The third-order valence-corrected chi connectivity index (χ3v) is 2.87. The maximum absolute atomic E-state index is 5.58. The van der Waals surface area contributed by atoms with Crippen molar-refractivity contribution in [3.05, 3.63) is 17.8 Å². The molecule has 2 aromatic rings. The molecule has 0 amide bonds. The Bertz CT molecular complexity index is 508. The largest absolute Gasteiger partial charge is 0.383 e. The van der Waals surface area contributed by atoms with E-state index in [9.17, 15) is 0 Å². The van der Waals surface area contributed by atoms with Gasteiger partial charge in [-0.25, -0.2) is 9.97 Å². The number of thioether (sulfide) groups is 1. The highest BCUT2D eigenvalue weighted by Crippen LogP contribution is 2.32. The highest BCUT2D eigenvalue weighted by Gasteiger charge is 2.16. The first kappa shape index (κ1) is 11.6. The Morgan fingerprint density at radius 2 is 1.88 bits per heavy atom. The maximum atomic E-state index is 5.58. The van der Waals surface area contributed by atoms with Crippen molar-refractivity contribution in [3.63, 3.8) is 0 Å². The minimum atomic E-state index is -0.0580. The normalized spacial score (nSPS) is 12.6. The van der Waals surface area contributed by atoms with Crippen LogP contribution in [-0.2, 0) is 0 Å². The van der Waals surface area contributed by atoms with Crippen molar-refractivity contribution >= 4 is 23.4 Å². The summed E-state index contributed by atoms with van der Waals surface area (Å²) in [5.74, 6) is 1.81. The van der Waals surface area contributed by atoms with Gasteiger partial charge in [-0.15, -0.1) is 0 Å². The zero-order valence-corrected chi connectivity index (χ0v) is 10.2. The molecule has 0 aliphatic carbocycles. The number of aryl methyl sites for hydroxylation is 1. The lowest BCUT2D eigenvalue weighted by Gasteiger charge is -2.05. The van der Waals surface area contributed by atoms with Crippen LogP contribution in [0.4, 0.5) is 11.6 Å². The SMILES string of the molecule is Cc1noc([C@H](C)Sc2nc(N)cc(N)n2)n1. The minimum Gasteiger partial charge on any atom is -0.383 e. The van der Waals surface area contributed by atoms with E-state index < -0.39 is 0 Å². The van der Waals surface area contributed by atoms with E-state index in [1.54, 1.807) is 6.92 Å². The first-order chi connectivity index (χ1) is 8.04. The summed E-state index contributed by atoms with van der Waals surface area (Å²) in [6.07, 6.45) is 0. The summed E-state index contributed by atoms with van der Waals surface area (Å²) < 4.78 is 5.06. The van der Waals surface area contributed by atoms with E-state index in [1.807, 2.05) is 6.92 Å². The van der Waals surface area contributed by atoms with Crippen molar-refractivity contribution in [2.45, 2.75) is 24.3 Å². The minimum absolute atomic E-state index is 0.0580. The van der Waals surface area contributed by atoms with Crippen LogP contribution in [0.15, 0.2) is 15.7 Å². The Morgan fingerprint density at radius 1 is 1.24 bits per heavy atom. The Morgan fingerprint density at radius 3 is 2.41 bits per heavy atom. The number of nitrogens with two attached hydrogens (primary N) is 2. The lowest BCUT2D eigenvalue weighted by atomic mass is 10.5. The van der Waals surface area contributed by atoms with Crippen LogP contribution >= 0.6 is 11.8 Å². The second-order valence-corrected chi connectivity index (χ2v) is 4.75. The van der Waals surface area contributed by atoms with Crippen LogP contribution in [-0.4, -0.2) is 20.1 Å². The molecule has 1 atom stereocenters. The number of hydrogen-bond donors (Lipinski definition) is 2. The van der Waals surface area contributed by atoms with Gasteiger partial charge in [-0.05, 0) is 13.8 Å². The number of nitrogens with zero attached hydrogens (tertiary/aromatic N) is 4. The number of hydrogen-bond acceptors (Lipinski definition) is 8. The standard InChI is InChI=1S/C9H12N6OS/c1-4(8-12-5(2)15-16-8)17-9-13-6(10)3-7(11)14-9/h3-4H,1-2H3,(H4,10,11,13,14)/t4-/m0/s1. The highest BCUT2D eigenvalue weighted by atomic mass is 32.2.